The Balaban J connectivity index is 1.71. The summed E-state index contributed by atoms with van der Waals surface area (Å²) in [4.78, 5) is 28.5. The highest BCUT2D eigenvalue weighted by Gasteiger charge is 2.47. The summed E-state index contributed by atoms with van der Waals surface area (Å²) < 4.78 is 11.6. The molecule has 1 fully saturated rings. The smallest absolute Gasteiger partial charge is 0.300 e. The van der Waals surface area contributed by atoms with Crippen LogP contribution in [0.1, 0.15) is 37.9 Å². The molecule has 1 N–H and O–H groups in total. The van der Waals surface area contributed by atoms with Crippen LogP contribution in [0.3, 0.4) is 0 Å². The van der Waals surface area contributed by atoms with Gasteiger partial charge in [-0.05, 0) is 67.4 Å². The van der Waals surface area contributed by atoms with Crippen molar-refractivity contribution in [3.63, 3.8) is 0 Å². The van der Waals surface area contributed by atoms with Gasteiger partial charge < -0.3 is 14.6 Å². The number of benzene rings is 4. The van der Waals surface area contributed by atoms with Crippen LogP contribution < -0.4 is 14.4 Å². The number of carbonyl (C=O) groups excluding carboxylic acids is 2. The minimum atomic E-state index is -0.867. The Kier molecular flexibility index (Phi) is 6.88. The summed E-state index contributed by atoms with van der Waals surface area (Å²) in [5, 5.41) is 13.5. The summed E-state index contributed by atoms with van der Waals surface area (Å²) >= 11 is 0. The van der Waals surface area contributed by atoms with E-state index in [2.05, 4.69) is 0 Å². The van der Waals surface area contributed by atoms with Gasteiger partial charge in [-0.25, -0.2) is 0 Å². The zero-order chi connectivity index (χ0) is 26.8. The molecular weight excluding hydrogens is 478 g/mol. The molecule has 1 unspecified atom stereocenters. The molecule has 1 heterocycles. The number of hydrogen-bond donors (Lipinski definition) is 1. The quantitative estimate of drug-likeness (QED) is 0.172. The maximum Gasteiger partial charge on any atom is 0.300 e. The molecule has 6 heteroatoms. The minimum absolute atomic E-state index is 0.0220. The molecule has 0 aromatic heterocycles. The third-order valence-corrected chi connectivity index (χ3v) is 6.42. The second-order valence-electron chi connectivity index (χ2n) is 9.40. The van der Waals surface area contributed by atoms with Gasteiger partial charge in [-0.15, -0.1) is 0 Å². The van der Waals surface area contributed by atoms with Crippen molar-refractivity contribution in [2.45, 2.75) is 32.9 Å². The fourth-order valence-corrected chi connectivity index (χ4v) is 4.83. The second-order valence-corrected chi connectivity index (χ2v) is 9.40. The SMILES string of the molecule is CCOc1cccc(N2C(=O)C(=O)/C(=C(\O)c3ccc4ccccc4c3)C2c2cccc(OC(C)C)c2)c1. The first kappa shape index (κ1) is 25.1. The largest absolute Gasteiger partial charge is 0.507 e. The van der Waals surface area contributed by atoms with Gasteiger partial charge in [0.05, 0.1) is 24.3 Å². The Morgan fingerprint density at radius 1 is 0.868 bits per heavy atom. The monoisotopic (exact) mass is 507 g/mol. The lowest BCUT2D eigenvalue weighted by molar-refractivity contribution is -0.132. The van der Waals surface area contributed by atoms with E-state index in [0.29, 0.717) is 34.9 Å². The number of aliphatic hydroxyl groups is 1. The van der Waals surface area contributed by atoms with Gasteiger partial charge in [-0.2, -0.15) is 0 Å². The number of Topliss-reactive ketones (excluding diaryl/α,β-unsaturated/α-hetero) is 1. The second kappa shape index (κ2) is 10.4. The average molecular weight is 508 g/mol. The number of rotatable bonds is 7. The van der Waals surface area contributed by atoms with Crippen LogP contribution in [0.15, 0.2) is 96.6 Å². The van der Waals surface area contributed by atoms with Crippen LogP contribution in [0.4, 0.5) is 5.69 Å². The summed E-state index contributed by atoms with van der Waals surface area (Å²) in [5.41, 5.74) is 1.63. The number of ether oxygens (including phenoxy) is 2. The molecule has 1 saturated heterocycles. The number of hydrogen-bond acceptors (Lipinski definition) is 5. The van der Waals surface area contributed by atoms with Crippen molar-refractivity contribution in [1.82, 2.24) is 0 Å². The predicted octanol–water partition coefficient (Wildman–Crippen LogP) is 6.65. The molecule has 5 rings (SSSR count). The summed E-state index contributed by atoms with van der Waals surface area (Å²) in [6.07, 6.45) is -0.0583. The lowest BCUT2D eigenvalue weighted by Crippen LogP contribution is -2.29. The molecule has 0 radical (unpaired) electrons. The molecule has 1 atom stereocenters. The maximum absolute atomic E-state index is 13.6. The standard InChI is InChI=1S/C32H29NO5/c1-4-37-26-13-8-12-25(19-26)33-29(23-11-7-14-27(18-23)38-20(2)3)28(31(35)32(33)36)30(34)24-16-15-21-9-5-6-10-22(21)17-24/h5-20,29,34H,4H2,1-3H3/b30-28-. The van der Waals surface area contributed by atoms with E-state index >= 15 is 0 Å². The van der Waals surface area contributed by atoms with Crippen molar-refractivity contribution in [2.24, 2.45) is 0 Å². The Hall–Kier alpha value is -4.58. The molecule has 6 nitrogen and oxygen atoms in total. The molecule has 192 valence electrons. The molecule has 4 aromatic carbocycles. The van der Waals surface area contributed by atoms with E-state index in [9.17, 15) is 14.7 Å². The summed E-state index contributed by atoms with van der Waals surface area (Å²) in [6.45, 7) is 6.19. The molecule has 0 aliphatic carbocycles. The number of ketones is 1. The molecule has 1 amide bonds. The minimum Gasteiger partial charge on any atom is -0.507 e. The van der Waals surface area contributed by atoms with Crippen molar-refractivity contribution < 1.29 is 24.2 Å². The van der Waals surface area contributed by atoms with Crippen LogP contribution in [-0.4, -0.2) is 29.5 Å². The third kappa shape index (κ3) is 4.73. The van der Waals surface area contributed by atoms with Gasteiger partial charge >= 0.3 is 0 Å². The first-order chi connectivity index (χ1) is 18.4. The summed E-state index contributed by atoms with van der Waals surface area (Å²) in [6, 6.07) is 26.7. The molecular formula is C32H29NO5. The van der Waals surface area contributed by atoms with E-state index in [1.54, 1.807) is 30.3 Å². The average Bonchev–Trinajstić information content (AvgIpc) is 3.18. The topological polar surface area (TPSA) is 76.1 Å². The molecule has 1 aliphatic rings. The number of anilines is 1. The van der Waals surface area contributed by atoms with E-state index in [1.165, 1.54) is 4.90 Å². The fraction of sp³-hybridized carbons (Fsp3) is 0.188. The van der Waals surface area contributed by atoms with Crippen LogP contribution in [0.5, 0.6) is 11.5 Å². The number of nitrogens with zero attached hydrogens (tertiary/aromatic N) is 1. The van der Waals surface area contributed by atoms with E-state index in [-0.39, 0.29) is 17.4 Å². The molecule has 0 bridgehead atoms. The normalized spacial score (nSPS) is 16.8. The summed E-state index contributed by atoms with van der Waals surface area (Å²) in [5.74, 6) is -0.509. The van der Waals surface area contributed by atoms with Crippen LogP contribution in [0.2, 0.25) is 0 Å². The van der Waals surface area contributed by atoms with Crippen molar-refractivity contribution in [3.05, 3.63) is 108 Å². The molecule has 4 aromatic rings. The van der Waals surface area contributed by atoms with Crippen LogP contribution >= 0.6 is 0 Å². The highest BCUT2D eigenvalue weighted by atomic mass is 16.5. The van der Waals surface area contributed by atoms with Gasteiger partial charge in [0, 0.05) is 17.3 Å². The highest BCUT2D eigenvalue weighted by Crippen LogP contribution is 2.43. The van der Waals surface area contributed by atoms with Gasteiger partial charge in [-0.3, -0.25) is 14.5 Å². The molecule has 0 saturated carbocycles. The van der Waals surface area contributed by atoms with E-state index in [0.717, 1.165) is 10.8 Å². The first-order valence-corrected chi connectivity index (χ1v) is 12.7. The Morgan fingerprint density at radius 3 is 2.37 bits per heavy atom. The zero-order valence-electron chi connectivity index (χ0n) is 21.5. The van der Waals surface area contributed by atoms with Gasteiger partial charge in [0.15, 0.2) is 0 Å². The van der Waals surface area contributed by atoms with Crippen LogP contribution in [0.25, 0.3) is 16.5 Å². The zero-order valence-corrected chi connectivity index (χ0v) is 21.5. The number of amides is 1. The summed E-state index contributed by atoms with van der Waals surface area (Å²) in [7, 11) is 0. The van der Waals surface area contributed by atoms with Crippen molar-refractivity contribution >= 4 is 33.9 Å². The Labute approximate surface area is 221 Å². The number of carbonyl (C=O) groups is 2. The van der Waals surface area contributed by atoms with Crippen LogP contribution in [-0.2, 0) is 9.59 Å². The van der Waals surface area contributed by atoms with E-state index in [1.807, 2.05) is 81.4 Å². The molecule has 38 heavy (non-hydrogen) atoms. The van der Waals surface area contributed by atoms with Crippen molar-refractivity contribution in [2.75, 3.05) is 11.5 Å². The highest BCUT2D eigenvalue weighted by molar-refractivity contribution is 6.51. The van der Waals surface area contributed by atoms with Gasteiger partial charge in [0.2, 0.25) is 0 Å². The molecule has 1 aliphatic heterocycles. The lowest BCUT2D eigenvalue weighted by Gasteiger charge is -2.26. The van der Waals surface area contributed by atoms with E-state index < -0.39 is 17.7 Å². The van der Waals surface area contributed by atoms with Crippen molar-refractivity contribution in [1.29, 1.82) is 0 Å². The van der Waals surface area contributed by atoms with E-state index in [4.69, 9.17) is 9.47 Å². The number of aliphatic hydroxyl groups excluding tert-OH is 1. The van der Waals surface area contributed by atoms with Crippen molar-refractivity contribution in [3.8, 4) is 11.5 Å². The van der Waals surface area contributed by atoms with Gasteiger partial charge in [0.1, 0.15) is 17.3 Å². The number of fused-ring (bicyclic) bond motifs is 1. The first-order valence-electron chi connectivity index (χ1n) is 12.7. The van der Waals surface area contributed by atoms with Gasteiger partial charge in [0.25, 0.3) is 11.7 Å². The predicted molar refractivity (Wildman–Crippen MR) is 149 cm³/mol. The van der Waals surface area contributed by atoms with Gasteiger partial charge in [-0.1, -0.05) is 54.6 Å². The lowest BCUT2D eigenvalue weighted by atomic mass is 9.94. The Morgan fingerprint density at radius 2 is 1.61 bits per heavy atom. The molecule has 0 spiro atoms. The van der Waals surface area contributed by atoms with Crippen LogP contribution in [0, 0.1) is 0 Å². The third-order valence-electron chi connectivity index (χ3n) is 6.42. The Bertz CT molecular complexity index is 1550. The maximum atomic E-state index is 13.6. The fourth-order valence-electron chi connectivity index (χ4n) is 4.83.